The molecule has 0 bridgehead atoms. The first-order valence-electron chi connectivity index (χ1n) is 10.6. The van der Waals surface area contributed by atoms with E-state index in [0.717, 1.165) is 41.9 Å². The number of carbonyl (C=O) groups excluding carboxylic acids is 1. The summed E-state index contributed by atoms with van der Waals surface area (Å²) >= 11 is 0. The number of aryl methyl sites for hydroxylation is 1. The molecule has 1 heterocycles. The van der Waals surface area contributed by atoms with Crippen LogP contribution < -0.4 is 5.73 Å². The number of fused-ring (bicyclic) bond motifs is 1. The first-order chi connectivity index (χ1) is 14.7. The predicted octanol–water partition coefficient (Wildman–Crippen LogP) is 5.58. The molecule has 0 aliphatic carbocycles. The van der Waals surface area contributed by atoms with E-state index in [1.54, 1.807) is 6.07 Å². The van der Waals surface area contributed by atoms with Crippen LogP contribution in [0, 0.1) is 0 Å². The fraction of sp³-hybridized carbons (Fsp3) is 0.231. The second kappa shape index (κ2) is 8.95. The number of benzene rings is 3. The smallest absolute Gasteiger partial charge is 0.249 e. The molecule has 4 aromatic rings. The summed E-state index contributed by atoms with van der Waals surface area (Å²) in [6.45, 7) is 3.00. The van der Waals surface area contributed by atoms with Gasteiger partial charge in [-0.2, -0.15) is 0 Å². The zero-order valence-electron chi connectivity index (χ0n) is 17.3. The van der Waals surface area contributed by atoms with Crippen LogP contribution in [0.1, 0.15) is 47.9 Å². The van der Waals surface area contributed by atoms with Gasteiger partial charge in [0, 0.05) is 18.5 Å². The van der Waals surface area contributed by atoms with Crippen molar-refractivity contribution < 1.29 is 4.79 Å². The van der Waals surface area contributed by atoms with E-state index in [1.807, 2.05) is 24.3 Å². The normalized spacial score (nSPS) is 11.1. The number of imidazole rings is 1. The number of nitrogens with two attached hydrogens (primary N) is 1. The van der Waals surface area contributed by atoms with Crippen molar-refractivity contribution in [3.8, 4) is 11.1 Å². The minimum absolute atomic E-state index is 0.406. The van der Waals surface area contributed by atoms with Crippen molar-refractivity contribution in [2.75, 3.05) is 0 Å². The van der Waals surface area contributed by atoms with Gasteiger partial charge in [-0.25, -0.2) is 4.98 Å². The van der Waals surface area contributed by atoms with Crippen molar-refractivity contribution in [1.29, 1.82) is 0 Å². The molecule has 0 atom stereocenters. The zero-order valence-corrected chi connectivity index (χ0v) is 17.3. The Hall–Kier alpha value is -3.40. The summed E-state index contributed by atoms with van der Waals surface area (Å²) in [5.41, 5.74) is 11.4. The Morgan fingerprint density at radius 3 is 2.43 bits per heavy atom. The van der Waals surface area contributed by atoms with Gasteiger partial charge >= 0.3 is 0 Å². The molecule has 4 heteroatoms. The van der Waals surface area contributed by atoms with Crippen molar-refractivity contribution in [3.05, 3.63) is 89.7 Å². The number of unbranched alkanes of at least 4 members (excludes halogenated alkanes) is 2. The van der Waals surface area contributed by atoms with Crippen LogP contribution in [0.25, 0.3) is 22.2 Å². The summed E-state index contributed by atoms with van der Waals surface area (Å²) in [6.07, 6.45) is 4.57. The molecule has 0 saturated carbocycles. The quantitative estimate of drug-likeness (QED) is 0.394. The molecular weight excluding hydrogens is 370 g/mol. The number of carbonyl (C=O) groups is 1. The summed E-state index contributed by atoms with van der Waals surface area (Å²) in [5, 5.41) is 0. The van der Waals surface area contributed by atoms with E-state index in [0.29, 0.717) is 5.56 Å². The van der Waals surface area contributed by atoms with Crippen molar-refractivity contribution in [2.45, 2.75) is 39.2 Å². The van der Waals surface area contributed by atoms with Gasteiger partial charge in [-0.1, -0.05) is 74.4 Å². The minimum Gasteiger partial charge on any atom is -0.366 e. The minimum atomic E-state index is -0.406. The van der Waals surface area contributed by atoms with Crippen LogP contribution in [0.2, 0.25) is 0 Å². The molecule has 152 valence electrons. The van der Waals surface area contributed by atoms with E-state index in [4.69, 9.17) is 10.7 Å². The highest BCUT2D eigenvalue weighted by Gasteiger charge is 2.12. The van der Waals surface area contributed by atoms with Crippen molar-refractivity contribution in [3.63, 3.8) is 0 Å². The molecule has 0 aliphatic rings. The lowest BCUT2D eigenvalue weighted by Gasteiger charge is -2.11. The SMILES string of the molecule is CCCCCc1nc2ccccc2n1Cc1ccc(-c2ccccc2C(N)=O)cc1. The van der Waals surface area contributed by atoms with Gasteiger partial charge in [-0.15, -0.1) is 0 Å². The monoisotopic (exact) mass is 397 g/mol. The van der Waals surface area contributed by atoms with E-state index < -0.39 is 5.91 Å². The van der Waals surface area contributed by atoms with Gasteiger partial charge in [0.1, 0.15) is 5.82 Å². The van der Waals surface area contributed by atoms with Crippen molar-refractivity contribution >= 4 is 16.9 Å². The average molecular weight is 398 g/mol. The maximum absolute atomic E-state index is 11.8. The molecule has 30 heavy (non-hydrogen) atoms. The van der Waals surface area contributed by atoms with Crippen LogP contribution in [0.15, 0.2) is 72.8 Å². The summed E-state index contributed by atoms with van der Waals surface area (Å²) in [6, 6.07) is 24.2. The van der Waals surface area contributed by atoms with E-state index in [1.165, 1.54) is 23.9 Å². The first kappa shape index (κ1) is 19.9. The molecule has 0 unspecified atom stereocenters. The molecule has 1 aromatic heterocycles. The van der Waals surface area contributed by atoms with Crippen LogP contribution in [0.5, 0.6) is 0 Å². The number of aromatic nitrogens is 2. The van der Waals surface area contributed by atoms with Gasteiger partial charge in [0.05, 0.1) is 11.0 Å². The number of nitrogens with zero attached hydrogens (tertiary/aromatic N) is 2. The standard InChI is InChI=1S/C26H27N3O/c1-2-3-4-13-25-28-23-11-7-8-12-24(23)29(25)18-19-14-16-20(17-15-19)21-9-5-6-10-22(21)26(27)30/h5-12,14-17H,2-4,13,18H2,1H3,(H2,27,30). The first-order valence-corrected chi connectivity index (χ1v) is 10.6. The molecule has 0 fully saturated rings. The molecular formula is C26H27N3O. The summed E-state index contributed by atoms with van der Waals surface area (Å²) in [5.74, 6) is 0.740. The average Bonchev–Trinajstić information content (AvgIpc) is 3.12. The topological polar surface area (TPSA) is 60.9 Å². The number of rotatable bonds is 8. The highest BCUT2D eigenvalue weighted by molar-refractivity contribution is 5.99. The van der Waals surface area contributed by atoms with Crippen LogP contribution in [-0.2, 0) is 13.0 Å². The highest BCUT2D eigenvalue weighted by Crippen LogP contribution is 2.25. The molecule has 0 saturated heterocycles. The molecule has 3 aromatic carbocycles. The Morgan fingerprint density at radius 1 is 0.933 bits per heavy atom. The summed E-state index contributed by atoms with van der Waals surface area (Å²) in [7, 11) is 0. The van der Waals surface area contributed by atoms with Crippen molar-refractivity contribution in [1.82, 2.24) is 9.55 Å². The fourth-order valence-electron chi connectivity index (χ4n) is 3.95. The Kier molecular flexibility index (Phi) is 5.94. The Morgan fingerprint density at radius 2 is 1.67 bits per heavy atom. The van der Waals surface area contributed by atoms with Crippen LogP contribution in [-0.4, -0.2) is 15.5 Å². The fourth-order valence-corrected chi connectivity index (χ4v) is 3.95. The predicted molar refractivity (Wildman–Crippen MR) is 122 cm³/mol. The number of para-hydroxylation sites is 2. The Labute approximate surface area is 177 Å². The Bertz CT molecular complexity index is 1160. The van der Waals surface area contributed by atoms with Gasteiger partial charge in [-0.05, 0) is 41.3 Å². The summed E-state index contributed by atoms with van der Waals surface area (Å²) in [4.78, 5) is 16.6. The third kappa shape index (κ3) is 4.13. The second-order valence-electron chi connectivity index (χ2n) is 7.67. The lowest BCUT2D eigenvalue weighted by Crippen LogP contribution is -2.12. The lowest BCUT2D eigenvalue weighted by molar-refractivity contribution is 0.100. The lowest BCUT2D eigenvalue weighted by atomic mass is 9.98. The van der Waals surface area contributed by atoms with Crippen LogP contribution in [0.3, 0.4) is 0 Å². The molecule has 0 radical (unpaired) electrons. The van der Waals surface area contributed by atoms with Gasteiger partial charge in [0.25, 0.3) is 0 Å². The van der Waals surface area contributed by atoms with E-state index in [2.05, 4.69) is 54.0 Å². The van der Waals surface area contributed by atoms with Crippen LogP contribution in [0.4, 0.5) is 0 Å². The van der Waals surface area contributed by atoms with E-state index >= 15 is 0 Å². The second-order valence-corrected chi connectivity index (χ2v) is 7.67. The zero-order chi connectivity index (χ0) is 20.9. The van der Waals surface area contributed by atoms with E-state index in [9.17, 15) is 4.79 Å². The largest absolute Gasteiger partial charge is 0.366 e. The van der Waals surface area contributed by atoms with Gasteiger partial charge in [0.2, 0.25) is 5.91 Å². The molecule has 0 spiro atoms. The molecule has 1 amide bonds. The third-order valence-electron chi connectivity index (χ3n) is 5.54. The number of primary amides is 1. The van der Waals surface area contributed by atoms with E-state index in [-0.39, 0.29) is 0 Å². The highest BCUT2D eigenvalue weighted by atomic mass is 16.1. The van der Waals surface area contributed by atoms with Crippen LogP contribution >= 0.6 is 0 Å². The summed E-state index contributed by atoms with van der Waals surface area (Å²) < 4.78 is 2.33. The maximum Gasteiger partial charge on any atom is 0.249 e. The van der Waals surface area contributed by atoms with Gasteiger partial charge in [-0.3, -0.25) is 4.79 Å². The number of hydrogen-bond donors (Lipinski definition) is 1. The maximum atomic E-state index is 11.8. The van der Waals surface area contributed by atoms with Gasteiger partial charge in [0.15, 0.2) is 0 Å². The third-order valence-corrected chi connectivity index (χ3v) is 5.54. The van der Waals surface area contributed by atoms with Gasteiger partial charge < -0.3 is 10.3 Å². The molecule has 0 aliphatic heterocycles. The molecule has 2 N–H and O–H groups in total. The Balaban J connectivity index is 1.63. The number of amides is 1. The number of hydrogen-bond acceptors (Lipinski definition) is 2. The molecule has 4 nitrogen and oxygen atoms in total. The molecule has 4 rings (SSSR count). The van der Waals surface area contributed by atoms with Crippen molar-refractivity contribution in [2.24, 2.45) is 5.73 Å².